The first kappa shape index (κ1) is 21.1. The van der Waals surface area contributed by atoms with Crippen LogP contribution in [0.4, 0.5) is 10.6 Å². The Morgan fingerprint density at radius 3 is 2.50 bits per heavy atom. The summed E-state index contributed by atoms with van der Waals surface area (Å²) in [5.74, 6) is 0.725. The van der Waals surface area contributed by atoms with E-state index in [1.807, 2.05) is 33.0 Å². The molecule has 0 spiro atoms. The zero-order valence-corrected chi connectivity index (χ0v) is 18.1. The summed E-state index contributed by atoms with van der Waals surface area (Å²) in [4.78, 5) is 22.1. The van der Waals surface area contributed by atoms with Crippen LogP contribution in [-0.4, -0.2) is 40.7 Å². The minimum absolute atomic E-state index is 0.194. The average Bonchev–Trinajstić information content (AvgIpc) is 3.16. The van der Waals surface area contributed by atoms with Crippen LogP contribution in [0.25, 0.3) is 0 Å². The zero-order valence-electron chi connectivity index (χ0n) is 18.1. The van der Waals surface area contributed by atoms with Crippen molar-refractivity contribution in [1.82, 2.24) is 9.88 Å². The van der Waals surface area contributed by atoms with Gasteiger partial charge in [-0.1, -0.05) is 32.3 Å². The highest BCUT2D eigenvalue weighted by atomic mass is 16.6. The summed E-state index contributed by atoms with van der Waals surface area (Å²) in [5, 5.41) is 0. The lowest BCUT2D eigenvalue weighted by Crippen LogP contribution is -2.43. The van der Waals surface area contributed by atoms with Crippen molar-refractivity contribution in [2.24, 2.45) is 0 Å². The lowest BCUT2D eigenvalue weighted by atomic mass is 9.96. The average molecular weight is 388 g/mol. The van der Waals surface area contributed by atoms with E-state index in [0.717, 1.165) is 38.0 Å². The van der Waals surface area contributed by atoms with E-state index in [4.69, 9.17) is 9.72 Å². The maximum Gasteiger partial charge on any atom is 0.416 e. The third-order valence-corrected chi connectivity index (χ3v) is 5.81. The van der Waals surface area contributed by atoms with E-state index in [1.165, 1.54) is 37.8 Å². The SMILES string of the molecule is CCCN1CCCC[C@@H]1c1ccc(N(C(=O)OC(C)(C)C)C2CCCC2)nc1. The summed E-state index contributed by atoms with van der Waals surface area (Å²) in [5.41, 5.74) is 0.767. The van der Waals surface area contributed by atoms with Crippen molar-refractivity contribution in [2.45, 2.75) is 96.7 Å². The number of piperidine rings is 1. The van der Waals surface area contributed by atoms with Crippen molar-refractivity contribution in [3.05, 3.63) is 23.9 Å². The molecule has 2 fully saturated rings. The number of hydrogen-bond acceptors (Lipinski definition) is 4. The van der Waals surface area contributed by atoms with Crippen molar-refractivity contribution in [3.8, 4) is 0 Å². The maximum absolute atomic E-state index is 12.9. The molecule has 1 aromatic rings. The van der Waals surface area contributed by atoms with Gasteiger partial charge in [0.15, 0.2) is 0 Å². The molecule has 2 aliphatic rings. The molecule has 1 aliphatic heterocycles. The predicted octanol–water partition coefficient (Wildman–Crippen LogP) is 5.70. The number of rotatable bonds is 5. The first-order valence-corrected chi connectivity index (χ1v) is 11.1. The fourth-order valence-electron chi connectivity index (χ4n) is 4.56. The summed E-state index contributed by atoms with van der Waals surface area (Å²) >= 11 is 0. The van der Waals surface area contributed by atoms with Gasteiger partial charge >= 0.3 is 6.09 Å². The summed E-state index contributed by atoms with van der Waals surface area (Å²) in [6.07, 6.45) is 11.0. The molecule has 0 radical (unpaired) electrons. The van der Waals surface area contributed by atoms with Crippen molar-refractivity contribution in [2.75, 3.05) is 18.0 Å². The maximum atomic E-state index is 12.9. The van der Waals surface area contributed by atoms with Gasteiger partial charge < -0.3 is 4.74 Å². The van der Waals surface area contributed by atoms with Crippen LogP contribution in [0.5, 0.6) is 0 Å². The predicted molar refractivity (Wildman–Crippen MR) is 114 cm³/mol. The third-order valence-electron chi connectivity index (χ3n) is 5.81. The zero-order chi connectivity index (χ0) is 20.1. The number of ether oxygens (including phenoxy) is 1. The number of pyridine rings is 1. The molecule has 1 atom stereocenters. The van der Waals surface area contributed by atoms with Crippen LogP contribution in [0.2, 0.25) is 0 Å². The van der Waals surface area contributed by atoms with Gasteiger partial charge in [0, 0.05) is 18.3 Å². The van der Waals surface area contributed by atoms with Gasteiger partial charge in [0.1, 0.15) is 11.4 Å². The Morgan fingerprint density at radius 1 is 1.18 bits per heavy atom. The first-order valence-electron chi connectivity index (χ1n) is 11.1. The van der Waals surface area contributed by atoms with Crippen LogP contribution in [0.1, 0.15) is 90.7 Å². The highest BCUT2D eigenvalue weighted by molar-refractivity contribution is 5.87. The van der Waals surface area contributed by atoms with Gasteiger partial charge in [-0.15, -0.1) is 0 Å². The highest BCUT2D eigenvalue weighted by Gasteiger charge is 2.33. The fraction of sp³-hybridized carbons (Fsp3) is 0.739. The lowest BCUT2D eigenvalue weighted by molar-refractivity contribution is 0.0564. The molecule has 1 saturated heterocycles. The van der Waals surface area contributed by atoms with Crippen LogP contribution in [-0.2, 0) is 4.74 Å². The van der Waals surface area contributed by atoms with Crippen molar-refractivity contribution in [1.29, 1.82) is 0 Å². The third kappa shape index (κ3) is 5.25. The van der Waals surface area contributed by atoms with E-state index >= 15 is 0 Å². The summed E-state index contributed by atoms with van der Waals surface area (Å²) in [6, 6.07) is 4.85. The van der Waals surface area contributed by atoms with E-state index in [1.54, 1.807) is 4.90 Å². The second kappa shape index (κ2) is 9.25. The Hall–Kier alpha value is -1.62. The molecule has 2 heterocycles. The largest absolute Gasteiger partial charge is 0.443 e. The number of carbonyl (C=O) groups excluding carboxylic acids is 1. The molecule has 5 heteroatoms. The van der Waals surface area contributed by atoms with Crippen LogP contribution in [0.3, 0.4) is 0 Å². The van der Waals surface area contributed by atoms with Crippen molar-refractivity contribution in [3.63, 3.8) is 0 Å². The number of carbonyl (C=O) groups is 1. The molecule has 0 aromatic carbocycles. The molecule has 1 aromatic heterocycles. The van der Waals surface area contributed by atoms with E-state index in [0.29, 0.717) is 6.04 Å². The Kier molecular flexibility index (Phi) is 6.97. The second-order valence-corrected chi connectivity index (χ2v) is 9.29. The van der Waals surface area contributed by atoms with E-state index < -0.39 is 5.60 Å². The lowest BCUT2D eigenvalue weighted by Gasteiger charge is -2.36. The van der Waals surface area contributed by atoms with Gasteiger partial charge in [-0.05, 0) is 77.6 Å². The van der Waals surface area contributed by atoms with Gasteiger partial charge in [0.25, 0.3) is 0 Å². The fourth-order valence-corrected chi connectivity index (χ4v) is 4.56. The summed E-state index contributed by atoms with van der Waals surface area (Å²) in [6.45, 7) is 10.3. The molecular formula is C23H37N3O2. The number of nitrogens with zero attached hydrogens (tertiary/aromatic N) is 3. The topological polar surface area (TPSA) is 45.7 Å². The quantitative estimate of drug-likeness (QED) is 0.650. The van der Waals surface area contributed by atoms with Gasteiger partial charge in [-0.2, -0.15) is 0 Å². The minimum Gasteiger partial charge on any atom is -0.443 e. The summed E-state index contributed by atoms with van der Waals surface area (Å²) < 4.78 is 5.70. The molecule has 0 unspecified atom stereocenters. The normalized spacial score (nSPS) is 21.6. The van der Waals surface area contributed by atoms with Gasteiger partial charge in [0.05, 0.1) is 0 Å². The molecule has 28 heavy (non-hydrogen) atoms. The van der Waals surface area contributed by atoms with E-state index in [9.17, 15) is 4.79 Å². The van der Waals surface area contributed by atoms with Gasteiger partial charge in [-0.25, -0.2) is 9.78 Å². The Balaban J connectivity index is 1.80. The van der Waals surface area contributed by atoms with E-state index in [2.05, 4.69) is 17.9 Å². The number of amides is 1. The van der Waals surface area contributed by atoms with Crippen molar-refractivity contribution < 1.29 is 9.53 Å². The smallest absolute Gasteiger partial charge is 0.416 e. The molecule has 1 amide bonds. The monoisotopic (exact) mass is 387 g/mol. The minimum atomic E-state index is -0.503. The van der Waals surface area contributed by atoms with Gasteiger partial charge in [0.2, 0.25) is 0 Å². The molecule has 0 bridgehead atoms. The standard InChI is InChI=1S/C23H37N3O2/c1-5-15-25-16-9-8-12-20(25)18-13-14-21(24-17-18)26(19-10-6-7-11-19)22(27)28-23(2,3)4/h13-14,17,19-20H,5-12,15-16H2,1-4H3/t20-/m1/s1. The van der Waals surface area contributed by atoms with Crippen LogP contribution in [0.15, 0.2) is 18.3 Å². The Labute approximate surface area is 170 Å². The molecule has 0 N–H and O–H groups in total. The molecule has 5 nitrogen and oxygen atoms in total. The highest BCUT2D eigenvalue weighted by Crippen LogP contribution is 2.33. The van der Waals surface area contributed by atoms with Gasteiger partial charge in [-0.3, -0.25) is 9.80 Å². The number of anilines is 1. The second-order valence-electron chi connectivity index (χ2n) is 9.29. The number of likely N-dealkylation sites (tertiary alicyclic amines) is 1. The molecule has 1 aliphatic carbocycles. The van der Waals surface area contributed by atoms with Crippen LogP contribution >= 0.6 is 0 Å². The summed E-state index contributed by atoms with van der Waals surface area (Å²) in [7, 11) is 0. The molecule has 1 saturated carbocycles. The van der Waals surface area contributed by atoms with E-state index in [-0.39, 0.29) is 12.1 Å². The van der Waals surface area contributed by atoms with Crippen molar-refractivity contribution >= 4 is 11.9 Å². The molecule has 3 rings (SSSR count). The van der Waals surface area contributed by atoms with Crippen LogP contribution < -0.4 is 4.90 Å². The first-order chi connectivity index (χ1) is 13.4. The van der Waals surface area contributed by atoms with Crippen LogP contribution in [0, 0.1) is 0 Å². The Bertz CT molecular complexity index is 630. The Morgan fingerprint density at radius 2 is 1.89 bits per heavy atom. The number of hydrogen-bond donors (Lipinski definition) is 0. The molecule has 156 valence electrons. The molecular weight excluding hydrogens is 350 g/mol. The number of aromatic nitrogens is 1.